The molecule has 0 N–H and O–H groups in total. The summed E-state index contributed by atoms with van der Waals surface area (Å²) in [5, 5.41) is 2.71. The van der Waals surface area contributed by atoms with E-state index in [2.05, 4.69) is 92.7 Å². The second-order valence-electron chi connectivity index (χ2n) is 9.77. The molecule has 32 heavy (non-hydrogen) atoms. The van der Waals surface area contributed by atoms with Crippen LogP contribution in [0.2, 0.25) is 0 Å². The second-order valence-corrected chi connectivity index (χ2v) is 9.77. The van der Waals surface area contributed by atoms with Crippen molar-refractivity contribution in [2.45, 2.75) is 39.0 Å². The summed E-state index contributed by atoms with van der Waals surface area (Å²) in [5.41, 5.74) is 16.7. The fraction of sp³-hybridized carbons (Fsp3) is 0.188. The third kappa shape index (κ3) is 2.38. The predicted molar refractivity (Wildman–Crippen MR) is 136 cm³/mol. The lowest BCUT2D eigenvalue weighted by molar-refractivity contribution is 0.902. The topological polar surface area (TPSA) is 0 Å². The van der Waals surface area contributed by atoms with Crippen LogP contribution in [0.5, 0.6) is 0 Å². The van der Waals surface area contributed by atoms with Crippen LogP contribution in [0.25, 0.3) is 33.5 Å². The van der Waals surface area contributed by atoms with Gasteiger partial charge in [-0.15, -0.1) is 0 Å². The van der Waals surface area contributed by atoms with Gasteiger partial charge in [-0.05, 0) is 94.0 Å². The highest BCUT2D eigenvalue weighted by atomic mass is 14.4. The summed E-state index contributed by atoms with van der Waals surface area (Å²) in [5.74, 6) is 0.361. The molecule has 154 valence electrons. The molecule has 0 nitrogen and oxygen atoms in total. The molecule has 0 aromatic heterocycles. The Bertz CT molecular complexity index is 1490. The average Bonchev–Trinajstić information content (AvgIpc) is 3.35. The van der Waals surface area contributed by atoms with Crippen LogP contribution < -0.4 is 0 Å². The van der Waals surface area contributed by atoms with Crippen molar-refractivity contribution in [1.82, 2.24) is 0 Å². The zero-order valence-electron chi connectivity index (χ0n) is 18.7. The maximum Gasteiger partial charge on any atom is 0.0308 e. The van der Waals surface area contributed by atoms with Gasteiger partial charge in [0.15, 0.2) is 0 Å². The molecular weight excluding hydrogens is 384 g/mol. The van der Waals surface area contributed by atoms with Crippen LogP contribution in [0, 0.1) is 0 Å². The highest BCUT2D eigenvalue weighted by Crippen LogP contribution is 2.53. The van der Waals surface area contributed by atoms with Gasteiger partial charge < -0.3 is 0 Å². The van der Waals surface area contributed by atoms with Gasteiger partial charge in [-0.3, -0.25) is 0 Å². The fourth-order valence-electron chi connectivity index (χ4n) is 6.63. The Morgan fingerprint density at radius 2 is 1.56 bits per heavy atom. The first-order chi connectivity index (χ1) is 15.7. The van der Waals surface area contributed by atoms with E-state index in [0.29, 0.717) is 5.92 Å². The molecule has 0 radical (unpaired) electrons. The average molecular weight is 411 g/mol. The lowest BCUT2D eigenvalue weighted by Crippen LogP contribution is -2.12. The van der Waals surface area contributed by atoms with Crippen molar-refractivity contribution in [2.24, 2.45) is 0 Å². The Morgan fingerprint density at radius 3 is 2.44 bits per heavy atom. The van der Waals surface area contributed by atoms with Crippen molar-refractivity contribution in [3.05, 3.63) is 117 Å². The molecule has 0 heterocycles. The third-order valence-electron chi connectivity index (χ3n) is 7.96. The minimum Gasteiger partial charge on any atom is -0.0651 e. The highest BCUT2D eigenvalue weighted by Gasteiger charge is 2.35. The minimum atomic E-state index is 0.361. The molecule has 0 aliphatic heterocycles. The number of fused-ring (bicyclic) bond motifs is 4. The van der Waals surface area contributed by atoms with Gasteiger partial charge in [0, 0.05) is 5.92 Å². The van der Waals surface area contributed by atoms with Crippen LogP contribution in [0.1, 0.15) is 59.6 Å². The SMILES string of the molecule is CC1=Cc2c(ccc3ccccc23)C1c1cc2c3c(-c4ccccc4)c1CCC3=C(C)C2. The van der Waals surface area contributed by atoms with E-state index >= 15 is 0 Å². The van der Waals surface area contributed by atoms with E-state index in [4.69, 9.17) is 0 Å². The maximum atomic E-state index is 2.57. The van der Waals surface area contributed by atoms with Crippen LogP contribution in [0.15, 0.2) is 83.9 Å². The Morgan fingerprint density at radius 1 is 0.750 bits per heavy atom. The molecule has 7 rings (SSSR count). The zero-order valence-corrected chi connectivity index (χ0v) is 18.7. The van der Waals surface area contributed by atoms with Gasteiger partial charge in [-0.2, -0.15) is 0 Å². The molecule has 0 saturated heterocycles. The van der Waals surface area contributed by atoms with Crippen molar-refractivity contribution in [3.63, 3.8) is 0 Å². The van der Waals surface area contributed by atoms with Gasteiger partial charge >= 0.3 is 0 Å². The summed E-state index contributed by atoms with van der Waals surface area (Å²) in [6.07, 6.45) is 5.89. The van der Waals surface area contributed by atoms with E-state index in [9.17, 15) is 0 Å². The fourth-order valence-corrected chi connectivity index (χ4v) is 6.63. The van der Waals surface area contributed by atoms with Crippen LogP contribution in [0.3, 0.4) is 0 Å². The van der Waals surface area contributed by atoms with Crippen molar-refractivity contribution < 1.29 is 0 Å². The normalized spacial score (nSPS) is 18.3. The lowest BCUT2D eigenvalue weighted by atomic mass is 9.74. The summed E-state index contributed by atoms with van der Waals surface area (Å²) >= 11 is 0. The number of allylic oxidation sites excluding steroid dienone is 3. The Hall–Kier alpha value is -3.38. The van der Waals surface area contributed by atoms with E-state index in [1.54, 1.807) is 27.8 Å². The van der Waals surface area contributed by atoms with E-state index in [1.807, 2.05) is 0 Å². The van der Waals surface area contributed by atoms with Gasteiger partial charge in [0.25, 0.3) is 0 Å². The molecule has 2 bridgehead atoms. The number of hydrogen-bond donors (Lipinski definition) is 0. The molecule has 0 heteroatoms. The molecule has 0 saturated carbocycles. The molecule has 3 aliphatic rings. The van der Waals surface area contributed by atoms with Crippen molar-refractivity contribution in [2.75, 3.05) is 0 Å². The lowest BCUT2D eigenvalue weighted by Gasteiger charge is -2.29. The number of benzene rings is 4. The van der Waals surface area contributed by atoms with E-state index < -0.39 is 0 Å². The molecule has 0 fully saturated rings. The summed E-state index contributed by atoms with van der Waals surface area (Å²) in [6, 6.07) is 27.2. The first-order valence-corrected chi connectivity index (χ1v) is 11.8. The van der Waals surface area contributed by atoms with Gasteiger partial charge in [0.2, 0.25) is 0 Å². The standard InChI is InChI=1S/C32H26/c1-19-16-23-18-29(27-15-14-24(19)32(23)31(27)22-9-4-3-5-10-22)30-20(2)17-28-25-11-7-6-8-21(25)12-13-26(28)30/h3-13,17-18,30H,14-16H2,1-2H3. The van der Waals surface area contributed by atoms with Crippen LogP contribution >= 0.6 is 0 Å². The summed E-state index contributed by atoms with van der Waals surface area (Å²) in [7, 11) is 0. The summed E-state index contributed by atoms with van der Waals surface area (Å²) < 4.78 is 0. The quantitative estimate of drug-likeness (QED) is 0.311. The number of hydrogen-bond acceptors (Lipinski definition) is 0. The molecule has 1 atom stereocenters. The molecule has 0 amide bonds. The van der Waals surface area contributed by atoms with Crippen molar-refractivity contribution >= 4 is 22.4 Å². The van der Waals surface area contributed by atoms with E-state index in [1.165, 1.54) is 50.6 Å². The molecule has 0 spiro atoms. The molecule has 1 unspecified atom stereocenters. The summed E-state index contributed by atoms with van der Waals surface area (Å²) in [6.45, 7) is 4.68. The van der Waals surface area contributed by atoms with E-state index in [-0.39, 0.29) is 0 Å². The third-order valence-corrected chi connectivity index (χ3v) is 7.96. The van der Waals surface area contributed by atoms with Gasteiger partial charge in [0.05, 0.1) is 0 Å². The first-order valence-electron chi connectivity index (χ1n) is 11.8. The van der Waals surface area contributed by atoms with Gasteiger partial charge in [0.1, 0.15) is 0 Å². The smallest absolute Gasteiger partial charge is 0.0308 e. The summed E-state index contributed by atoms with van der Waals surface area (Å²) in [4.78, 5) is 0. The Balaban J connectivity index is 1.51. The number of rotatable bonds is 2. The molecule has 4 aromatic rings. The van der Waals surface area contributed by atoms with Crippen LogP contribution in [0.4, 0.5) is 0 Å². The van der Waals surface area contributed by atoms with Gasteiger partial charge in [-0.25, -0.2) is 0 Å². The Labute approximate surface area is 189 Å². The van der Waals surface area contributed by atoms with Crippen molar-refractivity contribution in [1.29, 1.82) is 0 Å². The van der Waals surface area contributed by atoms with Crippen molar-refractivity contribution in [3.8, 4) is 11.1 Å². The van der Waals surface area contributed by atoms with Crippen LogP contribution in [-0.2, 0) is 12.8 Å². The monoisotopic (exact) mass is 410 g/mol. The molecule has 4 aromatic carbocycles. The second kappa shape index (κ2) is 6.56. The largest absolute Gasteiger partial charge is 0.0651 e. The Kier molecular flexibility index (Phi) is 3.73. The maximum absolute atomic E-state index is 2.57. The molecule has 3 aliphatic carbocycles. The predicted octanol–water partition coefficient (Wildman–Crippen LogP) is 8.33. The van der Waals surface area contributed by atoms with Gasteiger partial charge in [-0.1, -0.05) is 90.0 Å². The van der Waals surface area contributed by atoms with Crippen LogP contribution in [-0.4, -0.2) is 0 Å². The minimum absolute atomic E-state index is 0.361. The first kappa shape index (κ1) is 18.2. The highest BCUT2D eigenvalue weighted by molar-refractivity contribution is 5.96. The zero-order chi connectivity index (χ0) is 21.4. The molecular formula is C32H26. The van der Waals surface area contributed by atoms with E-state index in [0.717, 1.165) is 12.8 Å².